The van der Waals surface area contributed by atoms with Crippen molar-refractivity contribution in [2.75, 3.05) is 6.54 Å². The Morgan fingerprint density at radius 3 is 2.50 bits per heavy atom. The van der Waals surface area contributed by atoms with Crippen LogP contribution in [0.25, 0.3) is 0 Å². The predicted octanol–water partition coefficient (Wildman–Crippen LogP) is 5.85. The van der Waals surface area contributed by atoms with Gasteiger partial charge >= 0.3 is 6.09 Å². The van der Waals surface area contributed by atoms with Crippen molar-refractivity contribution in [2.24, 2.45) is 0 Å². The predicted molar refractivity (Wildman–Crippen MR) is 101 cm³/mol. The summed E-state index contributed by atoms with van der Waals surface area (Å²) in [7, 11) is 0. The van der Waals surface area contributed by atoms with Crippen LogP contribution in [0.1, 0.15) is 36.9 Å². The average Bonchev–Trinajstić information content (AvgIpc) is 2.63. The molecule has 0 N–H and O–H groups in total. The molecule has 26 heavy (non-hydrogen) atoms. The summed E-state index contributed by atoms with van der Waals surface area (Å²) in [5.41, 5.74) is 0.971. The molecule has 1 saturated heterocycles. The van der Waals surface area contributed by atoms with E-state index in [0.29, 0.717) is 24.4 Å². The maximum absolute atomic E-state index is 13.3. The Hall–Kier alpha value is -2.33. The van der Waals surface area contributed by atoms with Crippen LogP contribution in [0.3, 0.4) is 0 Å². The molecule has 0 saturated carbocycles. The lowest BCUT2D eigenvalue weighted by atomic mass is 9.85. The summed E-state index contributed by atoms with van der Waals surface area (Å²) >= 11 is 5.94. The highest BCUT2D eigenvalue weighted by Gasteiger charge is 2.42. The molecule has 2 atom stereocenters. The van der Waals surface area contributed by atoms with E-state index in [2.05, 4.69) is 6.58 Å². The van der Waals surface area contributed by atoms with Gasteiger partial charge in [0, 0.05) is 24.4 Å². The molecule has 0 bridgehead atoms. The third-order valence-corrected chi connectivity index (χ3v) is 5.19. The average molecular weight is 374 g/mol. The quantitative estimate of drug-likeness (QED) is 0.615. The highest BCUT2D eigenvalue weighted by Crippen LogP contribution is 2.39. The minimum atomic E-state index is -0.803. The summed E-state index contributed by atoms with van der Waals surface area (Å²) in [5, 5.41) is 0.656. The second-order valence-corrected chi connectivity index (χ2v) is 6.97. The van der Waals surface area contributed by atoms with Crippen LogP contribution >= 0.6 is 11.6 Å². The molecule has 1 fully saturated rings. The first kappa shape index (κ1) is 18.5. The van der Waals surface area contributed by atoms with Gasteiger partial charge in [0.1, 0.15) is 11.4 Å². The molecule has 5 heteroatoms. The number of amides is 1. The molecule has 0 unspecified atom stereocenters. The molecule has 1 aliphatic heterocycles. The van der Waals surface area contributed by atoms with Crippen molar-refractivity contribution >= 4 is 17.7 Å². The first-order valence-corrected chi connectivity index (χ1v) is 8.95. The zero-order chi connectivity index (χ0) is 18.7. The molecule has 1 heterocycles. The van der Waals surface area contributed by atoms with E-state index in [0.717, 1.165) is 11.1 Å². The molecule has 1 amide bonds. The number of rotatable bonds is 5. The lowest BCUT2D eigenvalue weighted by molar-refractivity contribution is -0.0588. The second kappa shape index (κ2) is 7.50. The van der Waals surface area contributed by atoms with Crippen molar-refractivity contribution in [2.45, 2.75) is 31.4 Å². The highest BCUT2D eigenvalue weighted by atomic mass is 35.5. The number of benzene rings is 2. The lowest BCUT2D eigenvalue weighted by Crippen LogP contribution is -2.48. The fraction of sp³-hybridized carbons (Fsp3) is 0.286. The third kappa shape index (κ3) is 3.61. The van der Waals surface area contributed by atoms with Crippen LogP contribution in [0, 0.1) is 5.82 Å². The number of hydrogen-bond donors (Lipinski definition) is 0. The fourth-order valence-corrected chi connectivity index (χ4v) is 3.52. The summed E-state index contributed by atoms with van der Waals surface area (Å²) in [6, 6.07) is 13.4. The number of nitrogens with zero attached hydrogens (tertiary/aromatic N) is 1. The van der Waals surface area contributed by atoms with E-state index in [4.69, 9.17) is 16.3 Å². The van der Waals surface area contributed by atoms with E-state index in [-0.39, 0.29) is 18.0 Å². The van der Waals surface area contributed by atoms with Gasteiger partial charge in [0.15, 0.2) is 0 Å². The molecule has 2 aromatic rings. The topological polar surface area (TPSA) is 29.5 Å². The smallest absolute Gasteiger partial charge is 0.411 e. The van der Waals surface area contributed by atoms with Gasteiger partial charge in [-0.3, -0.25) is 0 Å². The molecular weight excluding hydrogens is 353 g/mol. The van der Waals surface area contributed by atoms with Crippen molar-refractivity contribution in [1.82, 2.24) is 4.90 Å². The zero-order valence-electron chi connectivity index (χ0n) is 14.6. The fourth-order valence-electron chi connectivity index (χ4n) is 3.39. The van der Waals surface area contributed by atoms with Crippen LogP contribution in [-0.2, 0) is 10.3 Å². The van der Waals surface area contributed by atoms with Crippen LogP contribution in [0.2, 0.25) is 5.02 Å². The first-order valence-electron chi connectivity index (χ1n) is 8.57. The van der Waals surface area contributed by atoms with Crippen molar-refractivity contribution < 1.29 is 13.9 Å². The lowest BCUT2D eigenvalue weighted by Gasteiger charge is -2.43. The largest absolute Gasteiger partial charge is 0.437 e. The minimum Gasteiger partial charge on any atom is -0.437 e. The van der Waals surface area contributed by atoms with E-state index < -0.39 is 5.60 Å². The number of carbonyl (C=O) groups is 1. The van der Waals surface area contributed by atoms with E-state index in [1.807, 2.05) is 31.2 Å². The van der Waals surface area contributed by atoms with Gasteiger partial charge in [-0.2, -0.15) is 0 Å². The minimum absolute atomic E-state index is 0.130. The van der Waals surface area contributed by atoms with Crippen LogP contribution in [0.15, 0.2) is 61.2 Å². The molecule has 0 radical (unpaired) electrons. The van der Waals surface area contributed by atoms with E-state index in [9.17, 15) is 9.18 Å². The molecule has 0 aliphatic carbocycles. The van der Waals surface area contributed by atoms with Crippen molar-refractivity contribution in [3.05, 3.63) is 83.2 Å². The number of ether oxygens (including phenoxy) is 1. The Morgan fingerprint density at radius 1 is 1.27 bits per heavy atom. The number of cyclic esters (lactones) is 1. The Morgan fingerprint density at radius 2 is 1.92 bits per heavy atom. The van der Waals surface area contributed by atoms with E-state index in [1.54, 1.807) is 23.1 Å². The number of carbonyl (C=O) groups excluding carboxylic acids is 1. The van der Waals surface area contributed by atoms with Gasteiger partial charge in [0.25, 0.3) is 0 Å². The third-order valence-electron chi connectivity index (χ3n) is 4.94. The molecule has 3 nitrogen and oxygen atoms in total. The van der Waals surface area contributed by atoms with Crippen LogP contribution in [-0.4, -0.2) is 17.5 Å². The molecule has 136 valence electrons. The summed E-state index contributed by atoms with van der Waals surface area (Å²) in [6.45, 7) is 6.28. The van der Waals surface area contributed by atoms with Crippen LogP contribution < -0.4 is 0 Å². The van der Waals surface area contributed by atoms with Crippen LogP contribution in [0.4, 0.5) is 9.18 Å². The molecular formula is C21H21ClFNO2. The Kier molecular flexibility index (Phi) is 5.33. The normalized spacial score (nSPS) is 21.2. The molecule has 3 rings (SSSR count). The Balaban J connectivity index is 1.83. The second-order valence-electron chi connectivity index (χ2n) is 6.53. The summed E-state index contributed by atoms with van der Waals surface area (Å²) in [6.07, 6.45) is 2.43. The van der Waals surface area contributed by atoms with Gasteiger partial charge in [0.05, 0.1) is 6.04 Å². The van der Waals surface area contributed by atoms with Crippen LogP contribution in [0.5, 0.6) is 0 Å². The monoisotopic (exact) mass is 373 g/mol. The molecule has 1 aliphatic rings. The molecule has 0 aromatic heterocycles. The highest BCUT2D eigenvalue weighted by molar-refractivity contribution is 6.30. The van der Waals surface area contributed by atoms with Crippen molar-refractivity contribution in [3.8, 4) is 0 Å². The van der Waals surface area contributed by atoms with E-state index in [1.165, 1.54) is 12.1 Å². The molecule has 0 spiro atoms. The number of hydrogen-bond acceptors (Lipinski definition) is 2. The Bertz CT molecular complexity index is 791. The summed E-state index contributed by atoms with van der Waals surface area (Å²) in [4.78, 5) is 14.5. The van der Waals surface area contributed by atoms with Gasteiger partial charge in [-0.05, 0) is 42.3 Å². The first-order chi connectivity index (χ1) is 12.4. The van der Waals surface area contributed by atoms with Crippen molar-refractivity contribution in [1.29, 1.82) is 0 Å². The standard InChI is InChI=1S/C21H21ClFNO2/c1-3-12-21(17-6-10-19(23)11-7-17)13-14-24(20(25)26-21)15(2)16-4-8-18(22)9-5-16/h3-11,15H,1,12-14H2,2H3/t15-,21+/m0/s1. The summed E-state index contributed by atoms with van der Waals surface area (Å²) < 4.78 is 19.2. The van der Waals surface area contributed by atoms with Gasteiger partial charge < -0.3 is 9.64 Å². The number of halogens is 2. The van der Waals surface area contributed by atoms with Gasteiger partial charge in [-0.25, -0.2) is 9.18 Å². The SMILES string of the molecule is C=CC[C@]1(c2ccc(F)cc2)CCN([C@@H](C)c2ccc(Cl)cc2)C(=O)O1. The van der Waals surface area contributed by atoms with E-state index >= 15 is 0 Å². The van der Waals surface area contributed by atoms with Gasteiger partial charge in [-0.1, -0.05) is 41.9 Å². The summed E-state index contributed by atoms with van der Waals surface area (Å²) in [5.74, 6) is -0.317. The van der Waals surface area contributed by atoms with Crippen molar-refractivity contribution in [3.63, 3.8) is 0 Å². The van der Waals surface area contributed by atoms with Gasteiger partial charge in [-0.15, -0.1) is 6.58 Å². The maximum atomic E-state index is 13.3. The maximum Gasteiger partial charge on any atom is 0.411 e. The molecule has 2 aromatic carbocycles. The zero-order valence-corrected chi connectivity index (χ0v) is 15.4. The Labute approximate surface area is 158 Å². The van der Waals surface area contributed by atoms with Gasteiger partial charge in [0.2, 0.25) is 0 Å².